The van der Waals surface area contributed by atoms with Crippen LogP contribution in [0.2, 0.25) is 0 Å². The second-order valence-electron chi connectivity index (χ2n) is 2.48. The van der Waals surface area contributed by atoms with E-state index in [2.05, 4.69) is 6.92 Å². The molecule has 0 rings (SSSR count). The van der Waals surface area contributed by atoms with E-state index in [4.69, 9.17) is 11.6 Å². The Balaban J connectivity index is 2.75. The van der Waals surface area contributed by atoms with Crippen LogP contribution >= 0.6 is 11.6 Å². The van der Waals surface area contributed by atoms with Crippen LogP contribution in [0.4, 0.5) is 0 Å². The molecule has 0 aromatic heterocycles. The summed E-state index contributed by atoms with van der Waals surface area (Å²) >= 11 is 5.74. The molecule has 55 valence electrons. The van der Waals surface area contributed by atoms with Crippen molar-refractivity contribution in [1.82, 2.24) is 0 Å². The summed E-state index contributed by atoms with van der Waals surface area (Å²) < 4.78 is 0. The van der Waals surface area contributed by atoms with E-state index in [9.17, 15) is 0 Å². The van der Waals surface area contributed by atoms with E-state index in [0.29, 0.717) is 5.38 Å². The maximum atomic E-state index is 5.74. The van der Waals surface area contributed by atoms with Gasteiger partial charge in [0.05, 0.1) is 0 Å². The van der Waals surface area contributed by atoms with Crippen molar-refractivity contribution in [2.75, 3.05) is 0 Å². The van der Waals surface area contributed by atoms with Crippen molar-refractivity contribution in [2.45, 2.75) is 44.4 Å². The molecule has 0 aromatic carbocycles. The van der Waals surface area contributed by atoms with Crippen LogP contribution in [0.1, 0.15) is 39.0 Å². The molecule has 0 aliphatic rings. The average Bonchev–Trinajstić information content (AvgIpc) is 1.80. The monoisotopic (exact) mass is 147 g/mol. The van der Waals surface area contributed by atoms with Gasteiger partial charge in [0, 0.05) is 5.38 Å². The zero-order valence-electron chi connectivity index (χ0n) is 6.20. The quantitative estimate of drug-likeness (QED) is 0.413. The van der Waals surface area contributed by atoms with Gasteiger partial charge in [-0.3, -0.25) is 0 Å². The predicted molar refractivity (Wildman–Crippen MR) is 43.8 cm³/mol. The summed E-state index contributed by atoms with van der Waals surface area (Å²) in [6.07, 6.45) is 6.03. The lowest BCUT2D eigenvalue weighted by atomic mass is 10.1. The van der Waals surface area contributed by atoms with Gasteiger partial charge in [-0.25, -0.2) is 0 Å². The molecule has 0 nitrogen and oxygen atoms in total. The van der Waals surface area contributed by atoms with Gasteiger partial charge in [-0.15, -0.1) is 11.6 Å². The molecule has 0 saturated carbocycles. The third-order valence-electron chi connectivity index (χ3n) is 1.35. The van der Waals surface area contributed by atoms with E-state index < -0.39 is 0 Å². The van der Waals surface area contributed by atoms with Gasteiger partial charge in [0.25, 0.3) is 0 Å². The molecule has 1 heteroatoms. The molecule has 0 bridgehead atoms. The topological polar surface area (TPSA) is 0 Å². The number of rotatable bonds is 5. The summed E-state index contributed by atoms with van der Waals surface area (Å²) in [5.41, 5.74) is 0. The molecule has 0 saturated heterocycles. The number of alkyl halides is 1. The third kappa shape index (κ3) is 8.29. The summed E-state index contributed by atoms with van der Waals surface area (Å²) in [7, 11) is 0. The van der Waals surface area contributed by atoms with Gasteiger partial charge in [-0.2, -0.15) is 0 Å². The van der Waals surface area contributed by atoms with Crippen molar-refractivity contribution in [3.8, 4) is 0 Å². The summed E-state index contributed by atoms with van der Waals surface area (Å²) in [6.45, 7) is 5.82. The fraction of sp³-hybridized carbons (Fsp3) is 0.875. The first-order chi connectivity index (χ1) is 4.27. The maximum Gasteiger partial charge on any atom is 0.0307 e. The zero-order chi connectivity index (χ0) is 7.11. The molecule has 0 fully saturated rings. The van der Waals surface area contributed by atoms with E-state index in [0.717, 1.165) is 12.8 Å². The second-order valence-corrected chi connectivity index (χ2v) is 3.23. The molecule has 9 heavy (non-hydrogen) atoms. The van der Waals surface area contributed by atoms with Crippen LogP contribution in [-0.2, 0) is 0 Å². The first-order valence-electron chi connectivity index (χ1n) is 3.70. The van der Waals surface area contributed by atoms with E-state index in [1.165, 1.54) is 19.3 Å². The molecule has 0 spiro atoms. The van der Waals surface area contributed by atoms with Gasteiger partial charge in [0.1, 0.15) is 0 Å². The molecular weight excluding hydrogens is 132 g/mol. The van der Waals surface area contributed by atoms with E-state index >= 15 is 0 Å². The van der Waals surface area contributed by atoms with Gasteiger partial charge in [0.2, 0.25) is 0 Å². The van der Waals surface area contributed by atoms with Crippen molar-refractivity contribution in [2.24, 2.45) is 0 Å². The lowest BCUT2D eigenvalue weighted by Gasteiger charge is -2.00. The minimum absolute atomic E-state index is 0.356. The molecular formula is C8H16Cl. The SMILES string of the molecule is [CH2]CCCCCC(C)Cl. The van der Waals surface area contributed by atoms with Gasteiger partial charge in [-0.05, 0) is 13.3 Å². The van der Waals surface area contributed by atoms with Gasteiger partial charge < -0.3 is 0 Å². The number of hydrogen-bond donors (Lipinski definition) is 0. The minimum atomic E-state index is 0.356. The zero-order valence-corrected chi connectivity index (χ0v) is 6.95. The highest BCUT2D eigenvalue weighted by Crippen LogP contribution is 2.08. The number of hydrogen-bond acceptors (Lipinski definition) is 0. The minimum Gasteiger partial charge on any atom is -0.123 e. The molecule has 0 N–H and O–H groups in total. The molecule has 0 aliphatic carbocycles. The Morgan fingerprint density at radius 2 is 2.00 bits per heavy atom. The van der Waals surface area contributed by atoms with Crippen LogP contribution in [-0.4, -0.2) is 5.38 Å². The summed E-state index contributed by atoms with van der Waals surface area (Å²) in [4.78, 5) is 0. The first kappa shape index (κ1) is 9.29. The largest absolute Gasteiger partial charge is 0.123 e. The van der Waals surface area contributed by atoms with Gasteiger partial charge in [0.15, 0.2) is 0 Å². The number of unbranched alkanes of at least 4 members (excludes halogenated alkanes) is 3. The maximum absolute atomic E-state index is 5.74. The van der Waals surface area contributed by atoms with Crippen molar-refractivity contribution in [3.05, 3.63) is 6.92 Å². The smallest absolute Gasteiger partial charge is 0.0307 e. The third-order valence-corrected chi connectivity index (χ3v) is 1.57. The van der Waals surface area contributed by atoms with E-state index in [-0.39, 0.29) is 0 Å². The number of halogens is 1. The van der Waals surface area contributed by atoms with Crippen molar-refractivity contribution < 1.29 is 0 Å². The van der Waals surface area contributed by atoms with Crippen molar-refractivity contribution in [3.63, 3.8) is 0 Å². The van der Waals surface area contributed by atoms with Crippen LogP contribution in [0.3, 0.4) is 0 Å². The molecule has 1 unspecified atom stereocenters. The second kappa shape index (κ2) is 6.41. The predicted octanol–water partition coefficient (Wildman–Crippen LogP) is 3.40. The Morgan fingerprint density at radius 3 is 2.44 bits per heavy atom. The Kier molecular flexibility index (Phi) is 6.62. The Labute approximate surface area is 63.6 Å². The normalized spacial score (nSPS) is 13.7. The van der Waals surface area contributed by atoms with Crippen LogP contribution in [0.25, 0.3) is 0 Å². The molecule has 0 aromatic rings. The standard InChI is InChI=1S/C8H16Cl/c1-3-4-5-6-7-8(2)9/h8H,1,3-7H2,2H3. The van der Waals surface area contributed by atoms with Crippen LogP contribution in [0.5, 0.6) is 0 Å². The summed E-state index contributed by atoms with van der Waals surface area (Å²) in [5, 5.41) is 0.356. The van der Waals surface area contributed by atoms with Gasteiger partial charge >= 0.3 is 0 Å². The van der Waals surface area contributed by atoms with E-state index in [1.807, 2.05) is 6.92 Å². The fourth-order valence-electron chi connectivity index (χ4n) is 0.779. The molecule has 0 amide bonds. The highest BCUT2D eigenvalue weighted by molar-refractivity contribution is 6.20. The molecule has 1 atom stereocenters. The summed E-state index contributed by atoms with van der Waals surface area (Å²) in [6, 6.07) is 0. The molecule has 0 aliphatic heterocycles. The molecule has 1 radical (unpaired) electrons. The highest BCUT2D eigenvalue weighted by atomic mass is 35.5. The Bertz CT molecular complexity index is 50.5. The lowest BCUT2D eigenvalue weighted by molar-refractivity contribution is 0.640. The van der Waals surface area contributed by atoms with Crippen LogP contribution in [0.15, 0.2) is 0 Å². The van der Waals surface area contributed by atoms with Crippen molar-refractivity contribution >= 4 is 11.6 Å². The molecule has 0 heterocycles. The summed E-state index contributed by atoms with van der Waals surface area (Å²) in [5.74, 6) is 0. The lowest BCUT2D eigenvalue weighted by Crippen LogP contribution is -1.89. The van der Waals surface area contributed by atoms with Gasteiger partial charge in [-0.1, -0.05) is 32.6 Å². The Morgan fingerprint density at radius 1 is 1.33 bits per heavy atom. The highest BCUT2D eigenvalue weighted by Gasteiger charge is 1.93. The van der Waals surface area contributed by atoms with Crippen molar-refractivity contribution in [1.29, 1.82) is 0 Å². The van der Waals surface area contributed by atoms with E-state index in [1.54, 1.807) is 0 Å². The first-order valence-corrected chi connectivity index (χ1v) is 4.14. The van der Waals surface area contributed by atoms with Crippen LogP contribution in [0, 0.1) is 6.92 Å². The Hall–Kier alpha value is 0.290. The average molecular weight is 148 g/mol. The fourth-order valence-corrected chi connectivity index (χ4v) is 0.933. The van der Waals surface area contributed by atoms with Crippen LogP contribution < -0.4 is 0 Å².